The van der Waals surface area contributed by atoms with Crippen LogP contribution in [0.4, 0.5) is 0 Å². The second-order valence-electron chi connectivity index (χ2n) is 6.85. The van der Waals surface area contributed by atoms with Crippen LogP contribution in [0.5, 0.6) is 0 Å². The zero-order valence-electron chi connectivity index (χ0n) is 14.8. The number of benzene rings is 1. The zero-order chi connectivity index (χ0) is 18.0. The highest BCUT2D eigenvalue weighted by Gasteiger charge is 2.26. The zero-order valence-corrected chi connectivity index (χ0v) is 14.8. The van der Waals surface area contributed by atoms with Gasteiger partial charge in [-0.3, -0.25) is 19.2 Å². The van der Waals surface area contributed by atoms with Crippen LogP contribution in [0, 0.1) is 12.8 Å². The van der Waals surface area contributed by atoms with Crippen LogP contribution in [0.2, 0.25) is 0 Å². The predicted molar refractivity (Wildman–Crippen MR) is 95.7 cm³/mol. The van der Waals surface area contributed by atoms with Gasteiger partial charge in [0.05, 0.1) is 30.2 Å². The third-order valence-corrected chi connectivity index (χ3v) is 4.77. The van der Waals surface area contributed by atoms with Crippen LogP contribution in [0.1, 0.15) is 24.1 Å². The molecule has 1 unspecified atom stereocenters. The monoisotopic (exact) mass is 343 g/mol. The Kier molecular flexibility index (Phi) is 5.03. The number of nitrogens with two attached hydrogens (primary N) is 1. The maximum absolute atomic E-state index is 12.5. The summed E-state index contributed by atoms with van der Waals surface area (Å²) in [7, 11) is 1.91. The highest BCUT2D eigenvalue weighted by molar-refractivity contribution is 5.84. The summed E-state index contributed by atoms with van der Waals surface area (Å²) in [6.45, 7) is 4.07. The second kappa shape index (κ2) is 7.23. The minimum atomic E-state index is -0.351. The first-order valence-corrected chi connectivity index (χ1v) is 8.64. The van der Waals surface area contributed by atoms with E-state index in [0.29, 0.717) is 13.1 Å². The fourth-order valence-corrected chi connectivity index (χ4v) is 3.53. The van der Waals surface area contributed by atoms with Crippen LogP contribution < -0.4 is 11.1 Å². The number of primary amides is 1. The summed E-state index contributed by atoms with van der Waals surface area (Å²) in [5.74, 6) is -0.443. The number of carbonyl (C=O) groups is 2. The van der Waals surface area contributed by atoms with Gasteiger partial charge >= 0.3 is 0 Å². The van der Waals surface area contributed by atoms with Crippen LogP contribution in [0.3, 0.4) is 0 Å². The number of amides is 2. The molecule has 0 saturated carbocycles. The van der Waals surface area contributed by atoms with Crippen LogP contribution in [0.25, 0.3) is 10.9 Å². The molecule has 2 aromatic rings. The molecular weight excluding hydrogens is 318 g/mol. The quantitative estimate of drug-likeness (QED) is 0.835. The van der Waals surface area contributed by atoms with Crippen molar-refractivity contribution in [1.29, 1.82) is 0 Å². The maximum Gasteiger partial charge on any atom is 0.231 e. The average Bonchev–Trinajstić information content (AvgIpc) is 2.87. The molecule has 134 valence electrons. The van der Waals surface area contributed by atoms with Gasteiger partial charge in [0.15, 0.2) is 0 Å². The summed E-state index contributed by atoms with van der Waals surface area (Å²) in [5, 5.41) is 8.61. The first-order valence-electron chi connectivity index (χ1n) is 8.64. The maximum atomic E-state index is 12.5. The molecule has 0 aliphatic carbocycles. The van der Waals surface area contributed by atoms with E-state index in [2.05, 4.69) is 22.5 Å². The van der Waals surface area contributed by atoms with Crippen molar-refractivity contribution in [2.24, 2.45) is 18.7 Å². The van der Waals surface area contributed by atoms with Crippen LogP contribution in [-0.4, -0.2) is 46.1 Å². The van der Waals surface area contributed by atoms with Gasteiger partial charge in [-0.15, -0.1) is 0 Å². The molecule has 3 rings (SSSR count). The Morgan fingerprint density at radius 2 is 2.20 bits per heavy atom. The van der Waals surface area contributed by atoms with E-state index >= 15 is 0 Å². The number of nitrogens with one attached hydrogen (secondary N) is 1. The number of likely N-dealkylation sites (tertiary alicyclic amines) is 1. The smallest absolute Gasteiger partial charge is 0.231 e. The standard InChI is InChI=1S/C18H25N5O2/c1-12-5-6-16-14(8-12)15(21-22(16)2)9-20-18(25)13-4-3-7-23(10-13)11-17(19)24/h5-6,8,13H,3-4,7,9-11H2,1-2H3,(H2,19,24)(H,20,25). The van der Waals surface area contributed by atoms with Gasteiger partial charge in [-0.05, 0) is 38.4 Å². The topological polar surface area (TPSA) is 93.2 Å². The summed E-state index contributed by atoms with van der Waals surface area (Å²) in [6, 6.07) is 6.20. The highest BCUT2D eigenvalue weighted by atomic mass is 16.2. The lowest BCUT2D eigenvalue weighted by atomic mass is 9.97. The largest absolute Gasteiger partial charge is 0.369 e. The van der Waals surface area contributed by atoms with Gasteiger partial charge in [0, 0.05) is 19.0 Å². The van der Waals surface area contributed by atoms with Crippen LogP contribution in [-0.2, 0) is 23.2 Å². The van der Waals surface area contributed by atoms with Crippen molar-refractivity contribution in [3.8, 4) is 0 Å². The molecule has 7 nitrogen and oxygen atoms in total. The molecule has 1 aromatic heterocycles. The Labute approximate surface area is 147 Å². The molecule has 1 saturated heterocycles. The molecule has 1 fully saturated rings. The van der Waals surface area contributed by atoms with Crippen molar-refractivity contribution in [3.05, 3.63) is 29.5 Å². The lowest BCUT2D eigenvalue weighted by Gasteiger charge is -2.30. The lowest BCUT2D eigenvalue weighted by molar-refractivity contribution is -0.128. The summed E-state index contributed by atoms with van der Waals surface area (Å²) >= 11 is 0. The number of hydrogen-bond acceptors (Lipinski definition) is 4. The molecule has 25 heavy (non-hydrogen) atoms. The minimum Gasteiger partial charge on any atom is -0.369 e. The van der Waals surface area contributed by atoms with Gasteiger partial charge in [0.2, 0.25) is 11.8 Å². The molecule has 0 bridgehead atoms. The Hall–Kier alpha value is -2.41. The first kappa shape index (κ1) is 17.4. The van der Waals surface area contributed by atoms with Gasteiger partial charge in [-0.25, -0.2) is 0 Å². The number of nitrogens with zero attached hydrogens (tertiary/aromatic N) is 3. The SMILES string of the molecule is Cc1ccc2c(c1)c(CNC(=O)C1CCCN(CC(N)=O)C1)nn2C. The van der Waals surface area contributed by atoms with E-state index in [-0.39, 0.29) is 24.3 Å². The average molecular weight is 343 g/mol. The van der Waals surface area contributed by atoms with Gasteiger partial charge in [0.1, 0.15) is 0 Å². The number of aryl methyl sites for hydroxylation is 2. The third-order valence-electron chi connectivity index (χ3n) is 4.77. The van der Waals surface area contributed by atoms with Gasteiger partial charge < -0.3 is 11.1 Å². The summed E-state index contributed by atoms with van der Waals surface area (Å²) < 4.78 is 1.84. The van der Waals surface area contributed by atoms with Crippen LogP contribution in [0.15, 0.2) is 18.2 Å². The molecule has 1 atom stereocenters. The summed E-state index contributed by atoms with van der Waals surface area (Å²) in [6.07, 6.45) is 1.74. The first-order chi connectivity index (χ1) is 11.9. The fourth-order valence-electron chi connectivity index (χ4n) is 3.53. The van der Waals surface area contributed by atoms with E-state index in [1.54, 1.807) is 0 Å². The Morgan fingerprint density at radius 1 is 1.40 bits per heavy atom. The van der Waals surface area contributed by atoms with Gasteiger partial charge in [0.25, 0.3) is 0 Å². The number of hydrogen-bond donors (Lipinski definition) is 2. The number of fused-ring (bicyclic) bond motifs is 1. The molecular formula is C18H25N5O2. The van der Waals surface area contributed by atoms with Crippen molar-refractivity contribution in [3.63, 3.8) is 0 Å². The highest BCUT2D eigenvalue weighted by Crippen LogP contribution is 2.20. The van der Waals surface area contributed by atoms with Crippen molar-refractivity contribution >= 4 is 22.7 Å². The Morgan fingerprint density at radius 3 is 2.96 bits per heavy atom. The molecule has 0 radical (unpaired) electrons. The molecule has 2 amide bonds. The van der Waals surface area contributed by atoms with Crippen molar-refractivity contribution < 1.29 is 9.59 Å². The molecule has 3 N–H and O–H groups in total. The molecule has 1 aliphatic rings. The number of rotatable bonds is 5. The summed E-state index contributed by atoms with van der Waals surface area (Å²) in [4.78, 5) is 25.6. The van der Waals surface area contributed by atoms with E-state index in [0.717, 1.165) is 36.0 Å². The van der Waals surface area contributed by atoms with Crippen molar-refractivity contribution in [2.75, 3.05) is 19.6 Å². The number of piperidine rings is 1. The van der Waals surface area contributed by atoms with E-state index < -0.39 is 0 Å². The molecule has 0 spiro atoms. The van der Waals surface area contributed by atoms with E-state index in [1.807, 2.05) is 29.6 Å². The number of carbonyl (C=O) groups excluding carboxylic acids is 2. The minimum absolute atomic E-state index is 0.0145. The van der Waals surface area contributed by atoms with E-state index in [1.165, 1.54) is 5.56 Å². The van der Waals surface area contributed by atoms with E-state index in [9.17, 15) is 9.59 Å². The van der Waals surface area contributed by atoms with Gasteiger partial charge in [-0.1, -0.05) is 11.6 Å². The molecule has 1 aromatic carbocycles. The Bertz CT molecular complexity index is 798. The molecule has 1 aliphatic heterocycles. The van der Waals surface area contributed by atoms with Crippen molar-refractivity contribution in [2.45, 2.75) is 26.3 Å². The second-order valence-corrected chi connectivity index (χ2v) is 6.85. The van der Waals surface area contributed by atoms with Crippen molar-refractivity contribution in [1.82, 2.24) is 20.0 Å². The van der Waals surface area contributed by atoms with E-state index in [4.69, 9.17) is 5.73 Å². The number of aromatic nitrogens is 2. The molecule has 7 heteroatoms. The van der Waals surface area contributed by atoms with Gasteiger partial charge in [-0.2, -0.15) is 5.10 Å². The van der Waals surface area contributed by atoms with Crippen LogP contribution >= 0.6 is 0 Å². The normalized spacial score (nSPS) is 18.4. The summed E-state index contributed by atoms with van der Waals surface area (Å²) in [5.41, 5.74) is 8.35. The predicted octanol–water partition coefficient (Wildman–Crippen LogP) is 0.695. The Balaban J connectivity index is 1.64. The fraction of sp³-hybridized carbons (Fsp3) is 0.500. The lowest BCUT2D eigenvalue weighted by Crippen LogP contribution is -2.45. The molecule has 2 heterocycles. The third kappa shape index (κ3) is 3.99.